The molecule has 5 rings (SSSR count). The van der Waals surface area contributed by atoms with Crippen LogP contribution in [0.2, 0.25) is 10.0 Å². The van der Waals surface area contributed by atoms with Crippen LogP contribution in [0.3, 0.4) is 0 Å². The number of halogens is 4. The second-order valence-electron chi connectivity index (χ2n) is 13.7. The van der Waals surface area contributed by atoms with Crippen molar-refractivity contribution in [3.05, 3.63) is 141 Å². The Morgan fingerprint density at radius 2 is 0.774 bits per heavy atom. The Bertz CT molecular complexity index is 2370. The third-order valence-corrected chi connectivity index (χ3v) is 10.2. The van der Waals surface area contributed by atoms with Crippen LogP contribution < -0.4 is 21.3 Å². The number of hydrogen-bond acceptors (Lipinski definition) is 10. The molecule has 0 radical (unpaired) electrons. The van der Waals surface area contributed by atoms with Crippen LogP contribution in [0.15, 0.2) is 130 Å². The lowest BCUT2D eigenvalue weighted by Crippen LogP contribution is -2.32. The first-order valence-electron chi connectivity index (χ1n) is 18.7. The summed E-state index contributed by atoms with van der Waals surface area (Å²) in [7, 11) is 0. The SMILES string of the molecule is CC(=O)C(N=Nc1cccc(C(=O)Nc2ccc(C(C)Cl)cc2)c1Cl)C(=O)Nc1ccc(NC(=O)C(N=Nc2cccc(C(=O)Nc3ccc(C(C)Cl)cc3)c2Cl)C(C)=O)cc1. The van der Waals surface area contributed by atoms with E-state index in [1.807, 2.05) is 13.8 Å². The van der Waals surface area contributed by atoms with Gasteiger partial charge in [-0.2, -0.15) is 20.5 Å². The Labute approximate surface area is 376 Å². The Kier molecular flexibility index (Phi) is 16.2. The summed E-state index contributed by atoms with van der Waals surface area (Å²) < 4.78 is 0. The van der Waals surface area contributed by atoms with Gasteiger partial charge in [0, 0.05) is 22.7 Å². The molecule has 0 bridgehead atoms. The zero-order valence-electron chi connectivity index (χ0n) is 33.5. The first kappa shape index (κ1) is 46.7. The minimum absolute atomic E-state index is 0.0489. The molecule has 5 aromatic carbocycles. The highest BCUT2D eigenvalue weighted by Crippen LogP contribution is 2.32. The van der Waals surface area contributed by atoms with Crippen LogP contribution in [0.25, 0.3) is 0 Å². The van der Waals surface area contributed by atoms with Crippen molar-refractivity contribution in [1.29, 1.82) is 0 Å². The number of hydrogen-bond donors (Lipinski definition) is 4. The van der Waals surface area contributed by atoms with Gasteiger partial charge in [0.2, 0.25) is 12.1 Å². The zero-order valence-corrected chi connectivity index (χ0v) is 36.5. The van der Waals surface area contributed by atoms with Crippen LogP contribution in [0.1, 0.15) is 70.3 Å². The monoisotopic (exact) mass is 914 g/mol. The molecule has 0 aromatic heterocycles. The summed E-state index contributed by atoms with van der Waals surface area (Å²) in [6, 6.07) is 25.6. The maximum absolute atomic E-state index is 13.2. The third-order valence-electron chi connectivity index (χ3n) is 8.95. The minimum Gasteiger partial charge on any atom is -0.324 e. The number of rotatable bonds is 16. The summed E-state index contributed by atoms with van der Waals surface area (Å²) in [5.41, 5.74) is 3.54. The molecule has 5 aromatic rings. The van der Waals surface area contributed by atoms with Crippen molar-refractivity contribution in [1.82, 2.24) is 0 Å². The number of carbonyl (C=O) groups excluding carboxylic acids is 6. The fraction of sp³-hybridized carbons (Fsp3) is 0.182. The number of anilines is 4. The van der Waals surface area contributed by atoms with Gasteiger partial charge in [-0.15, -0.1) is 23.2 Å². The topological polar surface area (TPSA) is 200 Å². The van der Waals surface area contributed by atoms with Crippen LogP contribution in [0.5, 0.6) is 0 Å². The Morgan fingerprint density at radius 3 is 1.08 bits per heavy atom. The van der Waals surface area contributed by atoms with Gasteiger partial charge in [-0.1, -0.05) is 59.6 Å². The first-order chi connectivity index (χ1) is 29.5. The standard InChI is InChI=1S/C44H38Cl4N8O6/c1-23(45)27-11-15-29(16-12-27)49-41(59)33-7-5-9-35(37(33)47)53-55-39(25(3)57)43(61)51-31-19-21-32(22-20-31)52-44(62)40(26(4)58)56-54-36-10-6-8-34(38(36)48)42(60)50-30-17-13-28(14-18-30)24(2)46/h5-24,39-40H,1-4H3,(H,49,59)(H,50,60)(H,51,61)(H,52,62). The molecule has 4 unspecified atom stereocenters. The summed E-state index contributed by atoms with van der Waals surface area (Å²) in [6.45, 7) is 5.99. The lowest BCUT2D eigenvalue weighted by atomic mass is 10.1. The van der Waals surface area contributed by atoms with E-state index in [2.05, 4.69) is 41.7 Å². The molecular weight excluding hydrogens is 878 g/mol. The van der Waals surface area contributed by atoms with Crippen molar-refractivity contribution in [2.75, 3.05) is 21.3 Å². The van der Waals surface area contributed by atoms with E-state index in [1.165, 1.54) is 60.7 Å². The molecule has 4 N–H and O–H groups in total. The largest absolute Gasteiger partial charge is 0.324 e. The maximum Gasteiger partial charge on any atom is 0.258 e. The van der Waals surface area contributed by atoms with Crippen LogP contribution in [-0.4, -0.2) is 47.3 Å². The van der Waals surface area contributed by atoms with E-state index >= 15 is 0 Å². The fourth-order valence-corrected chi connectivity index (χ4v) is 6.33. The van der Waals surface area contributed by atoms with E-state index in [0.717, 1.165) is 25.0 Å². The Morgan fingerprint density at radius 1 is 0.468 bits per heavy atom. The average Bonchev–Trinajstić information content (AvgIpc) is 3.22. The third kappa shape index (κ3) is 12.4. The zero-order chi connectivity index (χ0) is 45.1. The van der Waals surface area contributed by atoms with Gasteiger partial charge in [0.15, 0.2) is 11.6 Å². The first-order valence-corrected chi connectivity index (χ1v) is 20.4. The van der Waals surface area contributed by atoms with E-state index in [-0.39, 0.29) is 54.7 Å². The van der Waals surface area contributed by atoms with Gasteiger partial charge in [0.05, 0.1) is 31.9 Å². The van der Waals surface area contributed by atoms with Crippen molar-refractivity contribution in [3.8, 4) is 0 Å². The average molecular weight is 917 g/mol. The molecule has 4 amide bonds. The molecule has 0 aliphatic rings. The van der Waals surface area contributed by atoms with Gasteiger partial charge in [-0.3, -0.25) is 28.8 Å². The molecule has 62 heavy (non-hydrogen) atoms. The van der Waals surface area contributed by atoms with E-state index in [9.17, 15) is 28.8 Å². The predicted molar refractivity (Wildman–Crippen MR) is 242 cm³/mol. The molecule has 0 saturated carbocycles. The molecule has 0 spiro atoms. The predicted octanol–water partition coefficient (Wildman–Crippen LogP) is 11.5. The smallest absolute Gasteiger partial charge is 0.258 e. The number of nitrogens with one attached hydrogen (secondary N) is 4. The van der Waals surface area contributed by atoms with Crippen LogP contribution >= 0.6 is 46.4 Å². The number of azo groups is 2. The molecule has 18 heteroatoms. The normalized spacial score (nSPS) is 13.2. The van der Waals surface area contributed by atoms with E-state index in [4.69, 9.17) is 46.4 Å². The second kappa shape index (κ2) is 21.5. The number of carbonyl (C=O) groups is 6. The highest BCUT2D eigenvalue weighted by molar-refractivity contribution is 6.37. The Hall–Kier alpha value is -6.32. The summed E-state index contributed by atoms with van der Waals surface area (Å²) in [4.78, 5) is 77.3. The molecule has 0 saturated heterocycles. The second-order valence-corrected chi connectivity index (χ2v) is 15.7. The van der Waals surface area contributed by atoms with Gasteiger partial charge >= 0.3 is 0 Å². The van der Waals surface area contributed by atoms with Gasteiger partial charge in [-0.05, 0) is 112 Å². The molecule has 0 heterocycles. The number of amides is 4. The van der Waals surface area contributed by atoms with Gasteiger partial charge in [-0.25, -0.2) is 0 Å². The molecule has 0 fully saturated rings. The number of ketones is 2. The van der Waals surface area contributed by atoms with Crippen molar-refractivity contribution in [2.45, 2.75) is 50.5 Å². The van der Waals surface area contributed by atoms with Crippen molar-refractivity contribution in [3.63, 3.8) is 0 Å². The van der Waals surface area contributed by atoms with Crippen LogP contribution in [0, 0.1) is 0 Å². The molecule has 14 nitrogen and oxygen atoms in total. The highest BCUT2D eigenvalue weighted by atomic mass is 35.5. The van der Waals surface area contributed by atoms with E-state index in [0.29, 0.717) is 11.4 Å². The van der Waals surface area contributed by atoms with Gasteiger partial charge in [0.25, 0.3) is 23.6 Å². The van der Waals surface area contributed by atoms with Gasteiger partial charge < -0.3 is 21.3 Å². The highest BCUT2D eigenvalue weighted by Gasteiger charge is 2.26. The fourth-order valence-electron chi connectivity index (χ4n) is 5.54. The minimum atomic E-state index is -1.58. The summed E-state index contributed by atoms with van der Waals surface area (Å²) in [5.74, 6) is -3.92. The molecule has 4 atom stereocenters. The number of alkyl halides is 2. The number of nitrogens with zero attached hydrogens (tertiary/aromatic N) is 4. The van der Waals surface area contributed by atoms with Crippen LogP contribution in [0.4, 0.5) is 34.1 Å². The molecular formula is C44H38Cl4N8O6. The summed E-state index contributed by atoms with van der Waals surface area (Å²) >= 11 is 25.2. The number of benzene rings is 5. The molecule has 318 valence electrons. The van der Waals surface area contributed by atoms with Crippen molar-refractivity contribution >= 4 is 116 Å². The summed E-state index contributed by atoms with van der Waals surface area (Å²) in [6.07, 6.45) is 0. The van der Waals surface area contributed by atoms with E-state index in [1.54, 1.807) is 48.5 Å². The molecule has 0 aliphatic carbocycles. The van der Waals surface area contributed by atoms with Crippen molar-refractivity contribution < 1.29 is 28.8 Å². The number of Topliss-reactive ketones (excluding diaryl/α,β-unsaturated/α-hetero) is 2. The Balaban J connectivity index is 1.20. The lowest BCUT2D eigenvalue weighted by Gasteiger charge is -2.12. The maximum atomic E-state index is 13.2. The quantitative estimate of drug-likeness (QED) is 0.0431. The molecule has 0 aliphatic heterocycles. The summed E-state index contributed by atoms with van der Waals surface area (Å²) in [5, 5.41) is 26.1. The van der Waals surface area contributed by atoms with Gasteiger partial charge in [0.1, 0.15) is 11.4 Å². The van der Waals surface area contributed by atoms with Crippen LogP contribution in [-0.2, 0) is 19.2 Å². The lowest BCUT2D eigenvalue weighted by molar-refractivity contribution is -0.127. The van der Waals surface area contributed by atoms with E-state index < -0.39 is 47.3 Å². The van der Waals surface area contributed by atoms with Crippen molar-refractivity contribution in [2.24, 2.45) is 20.5 Å².